The molecule has 0 amide bonds. The first-order valence-electron chi connectivity index (χ1n) is 8.55. The van der Waals surface area contributed by atoms with Crippen LogP contribution < -0.4 is 9.47 Å². The molecule has 2 atom stereocenters. The van der Waals surface area contributed by atoms with Gasteiger partial charge in [0.1, 0.15) is 23.7 Å². The van der Waals surface area contributed by atoms with Crippen molar-refractivity contribution in [2.24, 2.45) is 0 Å². The Morgan fingerprint density at radius 3 is 1.48 bits per heavy atom. The predicted octanol–water partition coefficient (Wildman–Crippen LogP) is 5.16. The van der Waals surface area contributed by atoms with E-state index < -0.39 is 0 Å². The Morgan fingerprint density at radius 2 is 1.04 bits per heavy atom. The van der Waals surface area contributed by atoms with Crippen molar-refractivity contribution in [1.29, 1.82) is 0 Å². The van der Waals surface area contributed by atoms with Gasteiger partial charge >= 0.3 is 0 Å². The average molecular weight is 306 g/mol. The summed E-state index contributed by atoms with van der Waals surface area (Å²) in [6.07, 6.45) is 6.11. The summed E-state index contributed by atoms with van der Waals surface area (Å²) in [5, 5.41) is 0. The van der Waals surface area contributed by atoms with E-state index in [2.05, 4.69) is 0 Å². The summed E-state index contributed by atoms with van der Waals surface area (Å²) in [7, 11) is 0. The van der Waals surface area contributed by atoms with E-state index in [1.54, 1.807) is 0 Å². The van der Waals surface area contributed by atoms with Crippen LogP contribution >= 0.6 is 0 Å². The van der Waals surface area contributed by atoms with Gasteiger partial charge < -0.3 is 9.47 Å². The monoisotopic (exact) mass is 306 g/mol. The van der Waals surface area contributed by atoms with Crippen LogP contribution in [0.1, 0.15) is 32.1 Å². The third kappa shape index (κ3) is 3.12. The smallest absolute Gasteiger partial charge is 0.124 e. The number of benzene rings is 2. The Morgan fingerprint density at radius 1 is 0.609 bits per heavy atom. The first-order valence-corrected chi connectivity index (χ1v) is 8.55. The van der Waals surface area contributed by atoms with Gasteiger partial charge in [-0.3, -0.25) is 0 Å². The lowest BCUT2D eigenvalue weighted by Crippen LogP contribution is -2.21. The summed E-state index contributed by atoms with van der Waals surface area (Å²) in [4.78, 5) is 0. The lowest BCUT2D eigenvalue weighted by Gasteiger charge is -2.21. The SMILES string of the molecule is c1ccc(O[C@H]2C[C@H](Oc3ccccc3)C3=C2CCCC3)cc1. The summed E-state index contributed by atoms with van der Waals surface area (Å²) in [5.41, 5.74) is 2.97. The Bertz CT molecular complexity index is 616. The fraction of sp³-hybridized carbons (Fsp3) is 0.333. The van der Waals surface area contributed by atoms with Gasteiger partial charge in [-0.05, 0) is 61.1 Å². The molecule has 2 nitrogen and oxygen atoms in total. The van der Waals surface area contributed by atoms with E-state index in [1.807, 2.05) is 60.7 Å². The van der Waals surface area contributed by atoms with Crippen LogP contribution in [0.25, 0.3) is 0 Å². The molecule has 2 aromatic rings. The van der Waals surface area contributed by atoms with Crippen LogP contribution in [0.5, 0.6) is 11.5 Å². The van der Waals surface area contributed by atoms with Crippen molar-refractivity contribution in [1.82, 2.24) is 0 Å². The van der Waals surface area contributed by atoms with Crippen LogP contribution in [-0.2, 0) is 0 Å². The number of para-hydroxylation sites is 2. The van der Waals surface area contributed by atoms with E-state index in [1.165, 1.54) is 24.0 Å². The fourth-order valence-corrected chi connectivity index (χ4v) is 3.73. The Kier molecular flexibility index (Phi) is 4.06. The maximum atomic E-state index is 6.27. The van der Waals surface area contributed by atoms with Crippen LogP contribution in [0, 0.1) is 0 Å². The Balaban J connectivity index is 1.54. The van der Waals surface area contributed by atoms with E-state index in [-0.39, 0.29) is 12.2 Å². The molecule has 0 aliphatic heterocycles. The number of hydrogen-bond acceptors (Lipinski definition) is 2. The van der Waals surface area contributed by atoms with Gasteiger partial charge in [-0.15, -0.1) is 0 Å². The molecule has 0 bridgehead atoms. The van der Waals surface area contributed by atoms with Gasteiger partial charge in [-0.2, -0.15) is 0 Å². The molecule has 0 fully saturated rings. The zero-order valence-corrected chi connectivity index (χ0v) is 13.3. The van der Waals surface area contributed by atoms with Crippen molar-refractivity contribution in [3.05, 3.63) is 71.8 Å². The topological polar surface area (TPSA) is 18.5 Å². The standard InChI is InChI=1S/C21H22O2/c1-3-9-16(10-4-1)22-20-15-21(19-14-8-7-13-18(19)20)23-17-11-5-2-6-12-17/h1-6,9-12,20-21H,7-8,13-15H2/t20-,21-/m0/s1. The second-order valence-corrected chi connectivity index (χ2v) is 6.33. The summed E-state index contributed by atoms with van der Waals surface area (Å²) in [5.74, 6) is 1.91. The predicted molar refractivity (Wildman–Crippen MR) is 91.8 cm³/mol. The van der Waals surface area contributed by atoms with Crippen LogP contribution in [0.4, 0.5) is 0 Å². The van der Waals surface area contributed by atoms with Crippen LogP contribution in [0.15, 0.2) is 71.8 Å². The van der Waals surface area contributed by atoms with Gasteiger partial charge in [0.15, 0.2) is 0 Å². The zero-order valence-electron chi connectivity index (χ0n) is 13.3. The van der Waals surface area contributed by atoms with Crippen LogP contribution in [0.3, 0.4) is 0 Å². The first-order chi connectivity index (χ1) is 11.4. The van der Waals surface area contributed by atoms with Crippen molar-refractivity contribution >= 4 is 0 Å². The maximum absolute atomic E-state index is 6.27. The third-order valence-corrected chi connectivity index (χ3v) is 4.80. The summed E-state index contributed by atoms with van der Waals surface area (Å²) in [6, 6.07) is 20.3. The highest BCUT2D eigenvalue weighted by molar-refractivity contribution is 5.35. The highest BCUT2D eigenvalue weighted by atomic mass is 16.5. The average Bonchev–Trinajstić information content (AvgIpc) is 2.95. The van der Waals surface area contributed by atoms with Gasteiger partial charge in [0.2, 0.25) is 0 Å². The molecule has 2 aliphatic rings. The first kappa shape index (κ1) is 14.4. The van der Waals surface area contributed by atoms with Crippen molar-refractivity contribution in [3.8, 4) is 11.5 Å². The normalized spacial score (nSPS) is 23.5. The van der Waals surface area contributed by atoms with E-state index in [4.69, 9.17) is 9.47 Å². The number of hydrogen-bond donors (Lipinski definition) is 0. The molecule has 0 heterocycles. The van der Waals surface area contributed by atoms with E-state index in [0.29, 0.717) is 0 Å². The fourth-order valence-electron chi connectivity index (χ4n) is 3.73. The van der Waals surface area contributed by atoms with Crippen LogP contribution in [0.2, 0.25) is 0 Å². The lowest BCUT2D eigenvalue weighted by molar-refractivity contribution is 0.171. The number of rotatable bonds is 4. The second kappa shape index (κ2) is 6.49. The molecule has 0 saturated carbocycles. The molecule has 2 heteroatoms. The Hall–Kier alpha value is -2.22. The number of ether oxygens (including phenoxy) is 2. The molecule has 0 spiro atoms. The molecule has 4 rings (SSSR count). The highest BCUT2D eigenvalue weighted by Gasteiger charge is 2.37. The molecule has 118 valence electrons. The highest BCUT2D eigenvalue weighted by Crippen LogP contribution is 2.41. The minimum atomic E-state index is 0.168. The minimum Gasteiger partial charge on any atom is -0.486 e. The van der Waals surface area contributed by atoms with Crippen molar-refractivity contribution in [2.45, 2.75) is 44.3 Å². The summed E-state index contributed by atoms with van der Waals surface area (Å²) < 4.78 is 12.5. The van der Waals surface area contributed by atoms with Gasteiger partial charge in [-0.1, -0.05) is 36.4 Å². The maximum Gasteiger partial charge on any atom is 0.124 e. The lowest BCUT2D eigenvalue weighted by atomic mass is 9.92. The summed E-state index contributed by atoms with van der Waals surface area (Å²) >= 11 is 0. The van der Waals surface area contributed by atoms with Gasteiger partial charge in [0.05, 0.1) is 0 Å². The van der Waals surface area contributed by atoms with Crippen molar-refractivity contribution in [3.63, 3.8) is 0 Å². The van der Waals surface area contributed by atoms with Crippen molar-refractivity contribution in [2.75, 3.05) is 0 Å². The van der Waals surface area contributed by atoms with E-state index >= 15 is 0 Å². The molecule has 0 saturated heterocycles. The van der Waals surface area contributed by atoms with Crippen molar-refractivity contribution < 1.29 is 9.47 Å². The molecule has 0 radical (unpaired) electrons. The quantitative estimate of drug-likeness (QED) is 0.727. The van der Waals surface area contributed by atoms with Crippen LogP contribution in [-0.4, -0.2) is 12.2 Å². The van der Waals surface area contributed by atoms with Gasteiger partial charge in [0.25, 0.3) is 0 Å². The van der Waals surface area contributed by atoms with Gasteiger partial charge in [-0.25, -0.2) is 0 Å². The third-order valence-electron chi connectivity index (χ3n) is 4.80. The molecular formula is C21H22O2. The molecule has 0 aromatic heterocycles. The van der Waals surface area contributed by atoms with E-state index in [9.17, 15) is 0 Å². The minimum absolute atomic E-state index is 0.168. The molecular weight excluding hydrogens is 284 g/mol. The molecule has 23 heavy (non-hydrogen) atoms. The zero-order chi connectivity index (χ0) is 15.5. The summed E-state index contributed by atoms with van der Waals surface area (Å²) in [6.45, 7) is 0. The molecule has 2 aliphatic carbocycles. The second-order valence-electron chi connectivity index (χ2n) is 6.33. The molecule has 2 aromatic carbocycles. The van der Waals surface area contributed by atoms with Gasteiger partial charge in [0, 0.05) is 6.42 Å². The largest absolute Gasteiger partial charge is 0.486 e. The Labute approximate surface area is 137 Å². The molecule has 0 N–H and O–H groups in total. The molecule has 0 unspecified atom stereocenters. The van der Waals surface area contributed by atoms with E-state index in [0.717, 1.165) is 30.8 Å².